The Morgan fingerprint density at radius 1 is 1.07 bits per heavy atom. The van der Waals surface area contributed by atoms with Crippen LogP contribution in [0, 0.1) is 5.92 Å². The third kappa shape index (κ3) is 5.45. The summed E-state index contributed by atoms with van der Waals surface area (Å²) < 4.78 is 12.9. The van der Waals surface area contributed by atoms with Gasteiger partial charge in [0.25, 0.3) is 0 Å². The molecule has 0 amide bonds. The quantitative estimate of drug-likeness (QED) is 0.518. The van der Waals surface area contributed by atoms with E-state index in [2.05, 4.69) is 27.8 Å². The second-order valence-electron chi connectivity index (χ2n) is 6.98. The third-order valence-corrected chi connectivity index (χ3v) is 5.89. The Kier molecular flexibility index (Phi) is 7.13. The number of halogens is 1. The first kappa shape index (κ1) is 20.2. The summed E-state index contributed by atoms with van der Waals surface area (Å²) in [4.78, 5) is 3.21. The molecule has 1 heterocycles. The van der Waals surface area contributed by atoms with Crippen LogP contribution in [0.2, 0.25) is 0 Å². The van der Waals surface area contributed by atoms with Crippen LogP contribution in [0.3, 0.4) is 0 Å². The van der Waals surface area contributed by atoms with Gasteiger partial charge in [-0.05, 0) is 61.6 Å². The van der Waals surface area contributed by atoms with Gasteiger partial charge in [0, 0.05) is 23.1 Å². The monoisotopic (exact) mass is 447 g/mol. The Balaban J connectivity index is 1.71. The fourth-order valence-electron chi connectivity index (χ4n) is 3.16. The highest BCUT2D eigenvalue weighted by atomic mass is 79.9. The van der Waals surface area contributed by atoms with Gasteiger partial charge in [-0.25, -0.2) is 0 Å². The van der Waals surface area contributed by atoms with Crippen molar-refractivity contribution in [1.82, 2.24) is 4.90 Å². The SMILES string of the molecule is CCOc1cc(C(=S)N2CCC(C)CC2)ccc1OCc1ccc(Br)cc1. The predicted octanol–water partition coefficient (Wildman–Crippen LogP) is 5.83. The van der Waals surface area contributed by atoms with E-state index in [4.69, 9.17) is 21.7 Å². The van der Waals surface area contributed by atoms with Gasteiger partial charge >= 0.3 is 0 Å². The van der Waals surface area contributed by atoms with E-state index < -0.39 is 0 Å². The summed E-state index contributed by atoms with van der Waals surface area (Å²) in [6.07, 6.45) is 2.40. The third-order valence-electron chi connectivity index (χ3n) is 4.87. The minimum absolute atomic E-state index is 0.501. The molecule has 1 saturated heterocycles. The molecule has 5 heteroatoms. The van der Waals surface area contributed by atoms with Crippen molar-refractivity contribution in [2.75, 3.05) is 19.7 Å². The van der Waals surface area contributed by atoms with E-state index in [0.717, 1.165) is 51.1 Å². The van der Waals surface area contributed by atoms with Gasteiger partial charge < -0.3 is 14.4 Å². The number of hydrogen-bond acceptors (Lipinski definition) is 3. The van der Waals surface area contributed by atoms with E-state index in [1.165, 1.54) is 12.8 Å². The summed E-state index contributed by atoms with van der Waals surface area (Å²) >= 11 is 9.20. The highest BCUT2D eigenvalue weighted by Gasteiger charge is 2.20. The lowest BCUT2D eigenvalue weighted by Gasteiger charge is -2.32. The van der Waals surface area contributed by atoms with Gasteiger partial charge in [-0.3, -0.25) is 0 Å². The maximum absolute atomic E-state index is 6.01. The zero-order chi connectivity index (χ0) is 19.2. The molecule has 3 nitrogen and oxygen atoms in total. The van der Waals surface area contributed by atoms with Crippen molar-refractivity contribution in [1.29, 1.82) is 0 Å². The maximum atomic E-state index is 6.01. The van der Waals surface area contributed by atoms with Crippen LogP contribution in [0.1, 0.15) is 37.8 Å². The van der Waals surface area contributed by atoms with Gasteiger partial charge in [0.05, 0.1) is 6.61 Å². The lowest BCUT2D eigenvalue weighted by molar-refractivity contribution is 0.269. The molecule has 1 aliphatic heterocycles. The van der Waals surface area contributed by atoms with Crippen molar-refractivity contribution in [2.24, 2.45) is 5.92 Å². The normalized spacial score (nSPS) is 14.9. The smallest absolute Gasteiger partial charge is 0.161 e. The van der Waals surface area contributed by atoms with E-state index in [1.807, 2.05) is 49.4 Å². The molecule has 1 fully saturated rings. The van der Waals surface area contributed by atoms with Gasteiger partial charge in [-0.2, -0.15) is 0 Å². The van der Waals surface area contributed by atoms with Gasteiger partial charge in [-0.15, -0.1) is 0 Å². The van der Waals surface area contributed by atoms with Crippen LogP contribution in [0.4, 0.5) is 0 Å². The van der Waals surface area contributed by atoms with E-state index >= 15 is 0 Å². The Morgan fingerprint density at radius 2 is 1.78 bits per heavy atom. The minimum atomic E-state index is 0.501. The van der Waals surface area contributed by atoms with Crippen LogP contribution in [0.15, 0.2) is 46.9 Å². The summed E-state index contributed by atoms with van der Waals surface area (Å²) in [5.74, 6) is 2.29. The predicted molar refractivity (Wildman–Crippen MR) is 118 cm³/mol. The molecule has 2 aromatic carbocycles. The molecule has 0 atom stereocenters. The van der Waals surface area contributed by atoms with Gasteiger partial charge in [-0.1, -0.05) is 47.2 Å². The molecule has 144 valence electrons. The number of thiocarbonyl (C=S) groups is 1. The molecular formula is C22H26BrNO2S. The van der Waals surface area contributed by atoms with Crippen molar-refractivity contribution >= 4 is 33.1 Å². The zero-order valence-electron chi connectivity index (χ0n) is 15.9. The largest absolute Gasteiger partial charge is 0.490 e. The molecule has 27 heavy (non-hydrogen) atoms. The van der Waals surface area contributed by atoms with Crippen LogP contribution in [-0.4, -0.2) is 29.6 Å². The molecular weight excluding hydrogens is 422 g/mol. The fraction of sp³-hybridized carbons (Fsp3) is 0.409. The summed E-state index contributed by atoms with van der Waals surface area (Å²) in [6.45, 7) is 7.45. The molecule has 0 saturated carbocycles. The Morgan fingerprint density at radius 3 is 2.44 bits per heavy atom. The maximum Gasteiger partial charge on any atom is 0.161 e. The molecule has 0 bridgehead atoms. The molecule has 0 radical (unpaired) electrons. The summed E-state index contributed by atoms with van der Waals surface area (Å²) in [6, 6.07) is 14.2. The molecule has 3 rings (SSSR count). The molecule has 0 spiro atoms. The van der Waals surface area contributed by atoms with Crippen molar-refractivity contribution in [2.45, 2.75) is 33.3 Å². The van der Waals surface area contributed by atoms with E-state index in [-0.39, 0.29) is 0 Å². The molecule has 0 aromatic heterocycles. The molecule has 0 unspecified atom stereocenters. The molecule has 2 aromatic rings. The Bertz CT molecular complexity index is 770. The molecule has 0 N–H and O–H groups in total. The van der Waals surface area contributed by atoms with Gasteiger partial charge in [0.2, 0.25) is 0 Å². The highest BCUT2D eigenvalue weighted by Crippen LogP contribution is 2.31. The number of piperidine rings is 1. The topological polar surface area (TPSA) is 21.7 Å². The first-order valence-corrected chi connectivity index (χ1v) is 10.7. The number of nitrogens with zero attached hydrogens (tertiary/aromatic N) is 1. The van der Waals surface area contributed by atoms with Crippen molar-refractivity contribution in [3.05, 3.63) is 58.1 Å². The number of ether oxygens (including phenoxy) is 2. The van der Waals surface area contributed by atoms with Crippen LogP contribution in [0.5, 0.6) is 11.5 Å². The number of likely N-dealkylation sites (tertiary alicyclic amines) is 1. The number of rotatable bonds is 6. The van der Waals surface area contributed by atoms with Crippen LogP contribution in [-0.2, 0) is 6.61 Å². The fourth-order valence-corrected chi connectivity index (χ4v) is 3.74. The van der Waals surface area contributed by atoms with Gasteiger partial charge in [0.15, 0.2) is 11.5 Å². The average molecular weight is 448 g/mol. The minimum Gasteiger partial charge on any atom is -0.490 e. The number of hydrogen-bond donors (Lipinski definition) is 0. The van der Waals surface area contributed by atoms with Crippen molar-refractivity contribution in [3.63, 3.8) is 0 Å². The second-order valence-corrected chi connectivity index (χ2v) is 8.29. The summed E-state index contributed by atoms with van der Waals surface area (Å²) in [5.41, 5.74) is 2.14. The lowest BCUT2D eigenvalue weighted by Crippen LogP contribution is -2.37. The van der Waals surface area contributed by atoms with Crippen molar-refractivity contribution in [3.8, 4) is 11.5 Å². The van der Waals surface area contributed by atoms with Crippen LogP contribution < -0.4 is 9.47 Å². The lowest BCUT2D eigenvalue weighted by atomic mass is 9.99. The molecule has 1 aliphatic rings. The van der Waals surface area contributed by atoms with E-state index in [1.54, 1.807) is 0 Å². The highest BCUT2D eigenvalue weighted by molar-refractivity contribution is 9.10. The zero-order valence-corrected chi connectivity index (χ0v) is 18.3. The van der Waals surface area contributed by atoms with E-state index in [9.17, 15) is 0 Å². The summed E-state index contributed by atoms with van der Waals surface area (Å²) in [7, 11) is 0. The Labute approximate surface area is 175 Å². The first-order valence-electron chi connectivity index (χ1n) is 9.50. The summed E-state index contributed by atoms with van der Waals surface area (Å²) in [5, 5.41) is 0. The van der Waals surface area contributed by atoms with Gasteiger partial charge in [0.1, 0.15) is 11.6 Å². The average Bonchev–Trinajstić information content (AvgIpc) is 2.68. The Hall–Kier alpha value is -1.59. The standard InChI is InChI=1S/C22H26BrNO2S/c1-3-25-21-14-18(22(27)24-12-10-16(2)11-13-24)6-9-20(21)26-15-17-4-7-19(23)8-5-17/h4-9,14,16H,3,10-13,15H2,1-2H3. The molecule has 0 aliphatic carbocycles. The van der Waals surface area contributed by atoms with Crippen LogP contribution in [0.25, 0.3) is 0 Å². The van der Waals surface area contributed by atoms with E-state index in [0.29, 0.717) is 13.2 Å². The number of benzene rings is 2. The van der Waals surface area contributed by atoms with Crippen LogP contribution >= 0.6 is 28.1 Å². The second kappa shape index (κ2) is 9.56. The van der Waals surface area contributed by atoms with Crippen molar-refractivity contribution < 1.29 is 9.47 Å². The first-order chi connectivity index (χ1) is 13.1.